The molecule has 1 aliphatic carbocycles. The summed E-state index contributed by atoms with van der Waals surface area (Å²) in [5.41, 5.74) is 4.48. The highest BCUT2D eigenvalue weighted by Crippen LogP contribution is 2.32. The van der Waals surface area contributed by atoms with Gasteiger partial charge in [0, 0.05) is 42.8 Å². The van der Waals surface area contributed by atoms with Gasteiger partial charge in [-0.25, -0.2) is 0 Å². The van der Waals surface area contributed by atoms with E-state index >= 15 is 0 Å². The number of fused-ring (bicyclic) bond motifs is 1. The summed E-state index contributed by atoms with van der Waals surface area (Å²) in [7, 11) is 0. The Hall–Kier alpha value is -2.92. The molecule has 2 fully saturated rings. The SMILES string of the molecule is CCCCCCc1cc(OC2CCN(CC3CCC(C(=O)Nc4ccc(C)cc4)CC3)CC2)c2ncccc2c1. The molecule has 214 valence electrons. The molecule has 1 saturated carbocycles. The number of aryl methyl sites for hydroxylation is 2. The van der Waals surface area contributed by atoms with Gasteiger partial charge in [-0.05, 0) is 100 Å². The Morgan fingerprint density at radius 3 is 2.50 bits per heavy atom. The highest BCUT2D eigenvalue weighted by Gasteiger charge is 2.29. The lowest BCUT2D eigenvalue weighted by Crippen LogP contribution is -2.41. The van der Waals surface area contributed by atoms with Gasteiger partial charge in [-0.15, -0.1) is 0 Å². The van der Waals surface area contributed by atoms with Crippen LogP contribution in [-0.4, -0.2) is 41.5 Å². The number of rotatable bonds is 11. The molecule has 1 aromatic heterocycles. The van der Waals surface area contributed by atoms with Crippen molar-refractivity contribution >= 4 is 22.5 Å². The number of piperidine rings is 1. The lowest BCUT2D eigenvalue weighted by Gasteiger charge is -2.36. The first-order chi connectivity index (χ1) is 19.6. The molecule has 0 spiro atoms. The number of ether oxygens (including phenoxy) is 1. The summed E-state index contributed by atoms with van der Waals surface area (Å²) in [4.78, 5) is 20.1. The third-order valence-electron chi connectivity index (χ3n) is 8.93. The standard InChI is InChI=1S/C35H47N3O2/c1-3-4-5-6-8-28-23-30-9-7-20-36-34(30)33(24-28)40-32-18-21-38(22-19-32)25-27-12-14-29(15-13-27)35(39)37-31-16-10-26(2)11-17-31/h7,9-11,16-17,20,23-24,27,29,32H,3-6,8,12-15,18-19,21-22,25H2,1-2H3,(H,37,39). The van der Waals surface area contributed by atoms with E-state index in [1.54, 1.807) is 0 Å². The first-order valence-corrected chi connectivity index (χ1v) is 15.7. The molecule has 40 heavy (non-hydrogen) atoms. The molecule has 0 radical (unpaired) electrons. The van der Waals surface area contributed by atoms with Gasteiger partial charge in [-0.2, -0.15) is 0 Å². The Bertz CT molecular complexity index is 1230. The Kier molecular flexibility index (Phi) is 10.1. The maximum absolute atomic E-state index is 12.8. The number of anilines is 1. The molecule has 1 amide bonds. The summed E-state index contributed by atoms with van der Waals surface area (Å²) in [6.45, 7) is 7.65. The van der Waals surface area contributed by atoms with E-state index in [-0.39, 0.29) is 17.9 Å². The number of nitrogens with one attached hydrogen (secondary N) is 1. The van der Waals surface area contributed by atoms with Crippen molar-refractivity contribution in [3.8, 4) is 5.75 Å². The van der Waals surface area contributed by atoms with Gasteiger partial charge in [0.1, 0.15) is 17.4 Å². The number of benzene rings is 2. The van der Waals surface area contributed by atoms with Crippen molar-refractivity contribution < 1.29 is 9.53 Å². The molecule has 1 N–H and O–H groups in total. The number of likely N-dealkylation sites (tertiary alicyclic amines) is 1. The van der Waals surface area contributed by atoms with Crippen LogP contribution in [0.1, 0.15) is 82.3 Å². The van der Waals surface area contributed by atoms with Gasteiger partial charge < -0.3 is 15.0 Å². The van der Waals surface area contributed by atoms with Crippen LogP contribution >= 0.6 is 0 Å². The summed E-state index contributed by atoms with van der Waals surface area (Å²) in [5, 5.41) is 4.31. The fourth-order valence-corrected chi connectivity index (χ4v) is 6.45. The minimum atomic E-state index is 0.141. The third-order valence-corrected chi connectivity index (χ3v) is 8.93. The zero-order valence-electron chi connectivity index (χ0n) is 24.5. The number of hydrogen-bond donors (Lipinski definition) is 1. The second kappa shape index (κ2) is 14.1. The van der Waals surface area contributed by atoms with Gasteiger partial charge in [0.2, 0.25) is 5.91 Å². The van der Waals surface area contributed by atoms with Crippen LogP contribution in [0.2, 0.25) is 0 Å². The molecule has 2 aromatic carbocycles. The number of nitrogens with zero attached hydrogens (tertiary/aromatic N) is 2. The monoisotopic (exact) mass is 541 g/mol. The minimum Gasteiger partial charge on any atom is -0.488 e. The van der Waals surface area contributed by atoms with Crippen LogP contribution in [0.4, 0.5) is 5.69 Å². The van der Waals surface area contributed by atoms with E-state index in [2.05, 4.69) is 47.2 Å². The second-order valence-electron chi connectivity index (χ2n) is 12.2. The predicted molar refractivity (Wildman–Crippen MR) is 165 cm³/mol. The van der Waals surface area contributed by atoms with E-state index in [1.165, 1.54) is 42.2 Å². The molecule has 3 aromatic rings. The number of amides is 1. The minimum absolute atomic E-state index is 0.141. The molecule has 1 saturated heterocycles. The highest BCUT2D eigenvalue weighted by molar-refractivity contribution is 5.92. The Morgan fingerprint density at radius 2 is 1.75 bits per heavy atom. The summed E-state index contributed by atoms with van der Waals surface area (Å²) in [6.07, 6.45) is 14.7. The van der Waals surface area contributed by atoms with Crippen LogP contribution in [0.5, 0.6) is 5.75 Å². The molecule has 0 atom stereocenters. The number of carbonyl (C=O) groups is 1. The van der Waals surface area contributed by atoms with Gasteiger partial charge in [0.25, 0.3) is 0 Å². The van der Waals surface area contributed by atoms with E-state index in [0.29, 0.717) is 5.92 Å². The second-order valence-corrected chi connectivity index (χ2v) is 12.2. The van der Waals surface area contributed by atoms with E-state index in [1.807, 2.05) is 36.5 Å². The fourth-order valence-electron chi connectivity index (χ4n) is 6.45. The van der Waals surface area contributed by atoms with E-state index in [9.17, 15) is 4.79 Å². The zero-order chi connectivity index (χ0) is 27.7. The molecule has 5 nitrogen and oxygen atoms in total. The summed E-state index contributed by atoms with van der Waals surface area (Å²) < 4.78 is 6.64. The Balaban J connectivity index is 1.07. The van der Waals surface area contributed by atoms with Crippen molar-refractivity contribution in [3.05, 3.63) is 65.9 Å². The molecule has 5 heteroatoms. The number of unbranched alkanes of at least 4 members (excludes halogenated alkanes) is 3. The van der Waals surface area contributed by atoms with Crippen LogP contribution in [-0.2, 0) is 11.2 Å². The summed E-state index contributed by atoms with van der Waals surface area (Å²) in [6, 6.07) is 16.8. The number of pyridine rings is 1. The number of hydrogen-bond acceptors (Lipinski definition) is 4. The van der Waals surface area contributed by atoms with Gasteiger partial charge in [-0.1, -0.05) is 49.9 Å². The van der Waals surface area contributed by atoms with Gasteiger partial charge >= 0.3 is 0 Å². The van der Waals surface area contributed by atoms with Crippen molar-refractivity contribution in [3.63, 3.8) is 0 Å². The van der Waals surface area contributed by atoms with Crippen LogP contribution in [0, 0.1) is 18.8 Å². The largest absolute Gasteiger partial charge is 0.488 e. The molecule has 1 aliphatic heterocycles. The van der Waals surface area contributed by atoms with Crippen molar-refractivity contribution in [1.29, 1.82) is 0 Å². The molecule has 5 rings (SSSR count). The van der Waals surface area contributed by atoms with Gasteiger partial charge in [-0.3, -0.25) is 9.78 Å². The van der Waals surface area contributed by atoms with E-state index in [0.717, 1.165) is 81.5 Å². The average molecular weight is 542 g/mol. The zero-order valence-corrected chi connectivity index (χ0v) is 24.5. The quantitative estimate of drug-likeness (QED) is 0.250. The first-order valence-electron chi connectivity index (χ1n) is 15.7. The lowest BCUT2D eigenvalue weighted by molar-refractivity contribution is -0.121. The maximum Gasteiger partial charge on any atom is 0.227 e. The van der Waals surface area contributed by atoms with Crippen LogP contribution in [0.15, 0.2) is 54.7 Å². The average Bonchev–Trinajstić information content (AvgIpc) is 2.98. The smallest absolute Gasteiger partial charge is 0.227 e. The Labute approximate surface area is 240 Å². The highest BCUT2D eigenvalue weighted by atomic mass is 16.5. The van der Waals surface area contributed by atoms with Crippen LogP contribution in [0.3, 0.4) is 0 Å². The predicted octanol–water partition coefficient (Wildman–Crippen LogP) is 7.95. The Morgan fingerprint density at radius 1 is 0.975 bits per heavy atom. The molecule has 0 bridgehead atoms. The lowest BCUT2D eigenvalue weighted by atomic mass is 9.81. The molecule has 2 heterocycles. The number of aromatic nitrogens is 1. The molecular formula is C35H47N3O2. The summed E-state index contributed by atoms with van der Waals surface area (Å²) in [5.74, 6) is 1.98. The van der Waals surface area contributed by atoms with Crippen molar-refractivity contribution in [1.82, 2.24) is 9.88 Å². The fraction of sp³-hybridized carbons (Fsp3) is 0.543. The van der Waals surface area contributed by atoms with Crippen LogP contribution < -0.4 is 10.1 Å². The molecule has 2 aliphatic rings. The van der Waals surface area contributed by atoms with E-state index in [4.69, 9.17) is 4.74 Å². The topological polar surface area (TPSA) is 54.5 Å². The van der Waals surface area contributed by atoms with Crippen LogP contribution in [0.25, 0.3) is 10.9 Å². The normalized spacial score (nSPS) is 20.4. The van der Waals surface area contributed by atoms with Crippen molar-refractivity contribution in [2.45, 2.75) is 90.6 Å². The van der Waals surface area contributed by atoms with Crippen molar-refractivity contribution in [2.75, 3.05) is 25.0 Å². The van der Waals surface area contributed by atoms with Gasteiger partial charge in [0.15, 0.2) is 0 Å². The van der Waals surface area contributed by atoms with Crippen molar-refractivity contribution in [2.24, 2.45) is 11.8 Å². The van der Waals surface area contributed by atoms with E-state index < -0.39 is 0 Å². The summed E-state index contributed by atoms with van der Waals surface area (Å²) >= 11 is 0. The maximum atomic E-state index is 12.8. The third kappa shape index (κ3) is 7.84. The number of carbonyl (C=O) groups excluding carboxylic acids is 1. The molecular weight excluding hydrogens is 494 g/mol. The van der Waals surface area contributed by atoms with Gasteiger partial charge in [0.05, 0.1) is 0 Å². The molecule has 0 unspecified atom stereocenters. The first kappa shape index (κ1) is 28.6.